The Bertz CT molecular complexity index is 320. The van der Waals surface area contributed by atoms with Crippen LogP contribution in [-0.2, 0) is 4.74 Å². The molecule has 2 unspecified atom stereocenters. The van der Waals surface area contributed by atoms with Gasteiger partial charge in [0.2, 0.25) is 0 Å². The van der Waals surface area contributed by atoms with Gasteiger partial charge >= 0.3 is 6.09 Å². The van der Waals surface area contributed by atoms with E-state index >= 15 is 0 Å². The third-order valence-corrected chi connectivity index (χ3v) is 4.08. The summed E-state index contributed by atoms with van der Waals surface area (Å²) in [6, 6.07) is 0.276. The molecule has 0 saturated carbocycles. The number of rotatable bonds is 1. The molecule has 0 bridgehead atoms. The van der Waals surface area contributed by atoms with E-state index < -0.39 is 5.60 Å². The van der Waals surface area contributed by atoms with Crippen LogP contribution in [0.2, 0.25) is 0 Å². The first kappa shape index (κ1) is 15.6. The molecular formula is C15H29N3O2. The smallest absolute Gasteiger partial charge is 0.410 e. The predicted molar refractivity (Wildman–Crippen MR) is 79.8 cm³/mol. The van der Waals surface area contributed by atoms with Crippen LogP contribution in [0.15, 0.2) is 0 Å². The molecule has 2 heterocycles. The van der Waals surface area contributed by atoms with Gasteiger partial charge in [-0.1, -0.05) is 0 Å². The van der Waals surface area contributed by atoms with Crippen LogP contribution >= 0.6 is 0 Å². The van der Waals surface area contributed by atoms with Crippen molar-refractivity contribution < 1.29 is 9.53 Å². The monoisotopic (exact) mass is 283 g/mol. The lowest BCUT2D eigenvalue weighted by molar-refractivity contribution is 0.00345. The van der Waals surface area contributed by atoms with Gasteiger partial charge in [-0.15, -0.1) is 0 Å². The minimum absolute atomic E-state index is 0.152. The van der Waals surface area contributed by atoms with E-state index in [9.17, 15) is 4.79 Å². The molecule has 0 aliphatic carbocycles. The minimum Gasteiger partial charge on any atom is -0.444 e. The Morgan fingerprint density at radius 1 is 1.15 bits per heavy atom. The molecule has 0 spiro atoms. The largest absolute Gasteiger partial charge is 0.444 e. The molecule has 5 nitrogen and oxygen atoms in total. The highest BCUT2D eigenvalue weighted by Crippen LogP contribution is 2.24. The molecule has 2 atom stereocenters. The third-order valence-electron chi connectivity index (χ3n) is 4.08. The molecule has 20 heavy (non-hydrogen) atoms. The van der Waals surface area contributed by atoms with Crippen LogP contribution in [0.4, 0.5) is 4.79 Å². The summed E-state index contributed by atoms with van der Waals surface area (Å²) in [6.07, 6.45) is 3.38. The second-order valence-electron chi connectivity index (χ2n) is 6.89. The third kappa shape index (κ3) is 4.35. The highest BCUT2D eigenvalue weighted by atomic mass is 16.6. The van der Waals surface area contributed by atoms with Crippen molar-refractivity contribution >= 4 is 6.09 Å². The lowest BCUT2D eigenvalue weighted by Crippen LogP contribution is -2.57. The average molecular weight is 283 g/mol. The summed E-state index contributed by atoms with van der Waals surface area (Å²) < 4.78 is 5.57. The van der Waals surface area contributed by atoms with Gasteiger partial charge in [0.05, 0.1) is 6.04 Å². The molecule has 0 aromatic rings. The fourth-order valence-corrected chi connectivity index (χ4v) is 3.12. The van der Waals surface area contributed by atoms with Gasteiger partial charge in [0.25, 0.3) is 0 Å². The molecule has 2 fully saturated rings. The lowest BCUT2D eigenvalue weighted by Gasteiger charge is -2.41. The summed E-state index contributed by atoms with van der Waals surface area (Å²) in [5, 5.41) is 6.87. The highest BCUT2D eigenvalue weighted by molar-refractivity contribution is 5.68. The number of carbonyl (C=O) groups is 1. The molecule has 2 aliphatic heterocycles. The number of hydrogen-bond acceptors (Lipinski definition) is 4. The van der Waals surface area contributed by atoms with Crippen molar-refractivity contribution in [2.75, 3.05) is 32.7 Å². The van der Waals surface area contributed by atoms with Crippen molar-refractivity contribution in [3.63, 3.8) is 0 Å². The van der Waals surface area contributed by atoms with E-state index in [0.29, 0.717) is 5.92 Å². The molecule has 2 aliphatic rings. The quantitative estimate of drug-likeness (QED) is 0.767. The number of hydrogen-bond donors (Lipinski definition) is 2. The van der Waals surface area contributed by atoms with Crippen molar-refractivity contribution in [1.82, 2.24) is 15.5 Å². The van der Waals surface area contributed by atoms with E-state index in [4.69, 9.17) is 4.74 Å². The second-order valence-corrected chi connectivity index (χ2v) is 6.89. The van der Waals surface area contributed by atoms with Crippen LogP contribution < -0.4 is 10.6 Å². The van der Waals surface area contributed by atoms with Gasteiger partial charge < -0.3 is 20.3 Å². The van der Waals surface area contributed by atoms with Crippen LogP contribution in [0.3, 0.4) is 0 Å². The zero-order valence-electron chi connectivity index (χ0n) is 13.1. The molecule has 1 amide bonds. The number of ether oxygens (including phenoxy) is 1. The van der Waals surface area contributed by atoms with Crippen LogP contribution in [0.1, 0.15) is 40.0 Å². The molecule has 116 valence electrons. The number of nitrogens with one attached hydrogen (secondary N) is 2. The lowest BCUT2D eigenvalue weighted by atomic mass is 9.90. The molecule has 0 aromatic heterocycles. The zero-order valence-corrected chi connectivity index (χ0v) is 13.1. The van der Waals surface area contributed by atoms with Gasteiger partial charge in [0.1, 0.15) is 5.60 Å². The zero-order chi connectivity index (χ0) is 14.6. The average Bonchev–Trinajstić information content (AvgIpc) is 2.65. The molecule has 2 saturated heterocycles. The molecule has 0 radical (unpaired) electrons. The predicted octanol–water partition coefficient (Wildman–Crippen LogP) is 1.58. The van der Waals surface area contributed by atoms with E-state index in [1.807, 2.05) is 25.7 Å². The normalized spacial score (nSPS) is 28.9. The summed E-state index contributed by atoms with van der Waals surface area (Å²) in [5.41, 5.74) is -0.419. The highest BCUT2D eigenvalue weighted by Gasteiger charge is 2.35. The van der Waals surface area contributed by atoms with Gasteiger partial charge in [0.15, 0.2) is 0 Å². The summed E-state index contributed by atoms with van der Waals surface area (Å²) in [7, 11) is 0. The van der Waals surface area contributed by atoms with Crippen LogP contribution in [0.5, 0.6) is 0 Å². The van der Waals surface area contributed by atoms with E-state index in [1.165, 1.54) is 12.8 Å². The van der Waals surface area contributed by atoms with Gasteiger partial charge in [0, 0.05) is 19.6 Å². The van der Waals surface area contributed by atoms with Crippen molar-refractivity contribution in [3.8, 4) is 0 Å². The van der Waals surface area contributed by atoms with Crippen LogP contribution in [-0.4, -0.2) is 55.4 Å². The fraction of sp³-hybridized carbons (Fsp3) is 0.933. The first-order valence-corrected chi connectivity index (χ1v) is 7.88. The van der Waals surface area contributed by atoms with Crippen molar-refractivity contribution in [2.24, 2.45) is 5.92 Å². The minimum atomic E-state index is -0.419. The van der Waals surface area contributed by atoms with E-state index in [-0.39, 0.29) is 12.1 Å². The Kier molecular flexibility index (Phi) is 5.27. The van der Waals surface area contributed by atoms with Crippen LogP contribution in [0, 0.1) is 5.92 Å². The molecule has 0 aromatic carbocycles. The molecular weight excluding hydrogens is 254 g/mol. The summed E-state index contributed by atoms with van der Waals surface area (Å²) in [5.74, 6) is 0.574. The standard InChI is InChI=1S/C15H29N3O2/c1-15(2,3)20-14(19)18-10-9-17-11-13(18)12-5-4-7-16-8-6-12/h12-13,16-17H,4-11H2,1-3H3. The Morgan fingerprint density at radius 3 is 2.70 bits per heavy atom. The van der Waals surface area contributed by atoms with Crippen LogP contribution in [0.25, 0.3) is 0 Å². The molecule has 5 heteroatoms. The number of piperazine rings is 1. The van der Waals surface area contributed by atoms with Gasteiger partial charge in [-0.3, -0.25) is 0 Å². The Morgan fingerprint density at radius 2 is 1.95 bits per heavy atom. The summed E-state index contributed by atoms with van der Waals surface area (Å²) in [6.45, 7) is 10.5. The van der Waals surface area contributed by atoms with Gasteiger partial charge in [-0.05, 0) is 59.0 Å². The maximum Gasteiger partial charge on any atom is 0.410 e. The first-order chi connectivity index (χ1) is 9.47. The summed E-state index contributed by atoms with van der Waals surface area (Å²) in [4.78, 5) is 14.4. The SMILES string of the molecule is CC(C)(C)OC(=O)N1CCNCC1C1CCCNCC1. The maximum absolute atomic E-state index is 12.4. The Labute approximate surface area is 122 Å². The number of amides is 1. The van der Waals surface area contributed by atoms with Crippen molar-refractivity contribution in [1.29, 1.82) is 0 Å². The van der Waals surface area contributed by atoms with Crippen molar-refractivity contribution in [3.05, 3.63) is 0 Å². The molecule has 2 N–H and O–H groups in total. The van der Waals surface area contributed by atoms with E-state index in [1.54, 1.807) is 0 Å². The topological polar surface area (TPSA) is 53.6 Å². The first-order valence-electron chi connectivity index (χ1n) is 7.88. The fourth-order valence-electron chi connectivity index (χ4n) is 3.12. The Hall–Kier alpha value is -0.810. The van der Waals surface area contributed by atoms with Crippen molar-refractivity contribution in [2.45, 2.75) is 51.7 Å². The van der Waals surface area contributed by atoms with Gasteiger partial charge in [-0.2, -0.15) is 0 Å². The second kappa shape index (κ2) is 6.76. The maximum atomic E-state index is 12.4. The Balaban J connectivity index is 2.02. The number of carbonyl (C=O) groups excluding carboxylic acids is 1. The number of nitrogens with zero attached hydrogens (tertiary/aromatic N) is 1. The van der Waals surface area contributed by atoms with E-state index in [2.05, 4.69) is 10.6 Å². The summed E-state index contributed by atoms with van der Waals surface area (Å²) >= 11 is 0. The molecule has 2 rings (SSSR count). The van der Waals surface area contributed by atoms with Gasteiger partial charge in [-0.25, -0.2) is 4.79 Å². The van der Waals surface area contributed by atoms with E-state index in [0.717, 1.165) is 39.1 Å².